The molecule has 2 aromatic carbocycles. The molecule has 27 heavy (non-hydrogen) atoms. The average molecular weight is 369 g/mol. The van der Waals surface area contributed by atoms with Crippen LogP contribution < -0.4 is 4.74 Å². The van der Waals surface area contributed by atoms with Gasteiger partial charge in [0.25, 0.3) is 0 Å². The molecule has 0 heterocycles. The predicted molar refractivity (Wildman–Crippen MR) is 115 cm³/mol. The maximum atomic E-state index is 10.9. The second-order valence-electron chi connectivity index (χ2n) is 9.55. The van der Waals surface area contributed by atoms with Gasteiger partial charge >= 0.3 is 0 Å². The molecule has 0 aromatic heterocycles. The number of phenolic OH excluding ortho intramolecular Hbond substituents is 1. The van der Waals surface area contributed by atoms with E-state index in [1.54, 1.807) is 0 Å². The summed E-state index contributed by atoms with van der Waals surface area (Å²) in [6.45, 7) is 16.0. The zero-order chi connectivity index (χ0) is 20.2. The van der Waals surface area contributed by atoms with Gasteiger partial charge in [-0.05, 0) is 51.6 Å². The molecule has 2 rings (SSSR count). The summed E-state index contributed by atoms with van der Waals surface area (Å²) in [5, 5.41) is 10.9. The first kappa shape index (κ1) is 21.3. The van der Waals surface area contributed by atoms with Gasteiger partial charge in [-0.3, -0.25) is 0 Å². The number of phenols is 1. The lowest BCUT2D eigenvalue weighted by Gasteiger charge is -2.27. The van der Waals surface area contributed by atoms with E-state index >= 15 is 0 Å². The van der Waals surface area contributed by atoms with Gasteiger partial charge in [0.2, 0.25) is 0 Å². The third kappa shape index (κ3) is 5.76. The molecule has 0 amide bonds. The van der Waals surface area contributed by atoms with Crippen LogP contribution in [0.25, 0.3) is 0 Å². The van der Waals surface area contributed by atoms with Gasteiger partial charge in [-0.1, -0.05) is 79.2 Å². The second kappa shape index (κ2) is 8.37. The molecule has 2 nitrogen and oxygen atoms in total. The number of hydrogen-bond acceptors (Lipinski definition) is 2. The van der Waals surface area contributed by atoms with Crippen LogP contribution in [0.1, 0.15) is 83.6 Å². The molecular formula is C25H36O2. The van der Waals surface area contributed by atoms with Crippen LogP contribution in [0, 0.1) is 0 Å². The van der Waals surface area contributed by atoms with Crippen LogP contribution in [0.3, 0.4) is 0 Å². The molecule has 0 aliphatic carbocycles. The van der Waals surface area contributed by atoms with Crippen molar-refractivity contribution in [1.29, 1.82) is 0 Å². The lowest BCUT2D eigenvalue weighted by molar-refractivity contribution is 0.309. The number of aromatic hydroxyl groups is 1. The molecule has 0 bridgehead atoms. The van der Waals surface area contributed by atoms with E-state index in [1.165, 1.54) is 11.1 Å². The Hall–Kier alpha value is -1.96. The summed E-state index contributed by atoms with van der Waals surface area (Å²) in [6, 6.07) is 12.6. The highest BCUT2D eigenvalue weighted by atomic mass is 16.5. The molecule has 2 aromatic rings. The molecule has 0 unspecified atom stereocenters. The zero-order valence-electron chi connectivity index (χ0n) is 18.1. The Morgan fingerprint density at radius 3 is 2.04 bits per heavy atom. The highest BCUT2D eigenvalue weighted by Gasteiger charge is 2.24. The van der Waals surface area contributed by atoms with Crippen molar-refractivity contribution in [3.05, 3.63) is 58.7 Å². The number of unbranched alkanes of at least 4 members (excludes halogenated alkanes) is 1. The van der Waals surface area contributed by atoms with Crippen LogP contribution in [0.2, 0.25) is 0 Å². The number of ether oxygens (including phenoxy) is 1. The monoisotopic (exact) mass is 368 g/mol. The quantitative estimate of drug-likeness (QED) is 0.571. The molecule has 0 spiro atoms. The average Bonchev–Trinajstić information content (AvgIpc) is 2.56. The summed E-state index contributed by atoms with van der Waals surface area (Å²) in [5.74, 6) is 1.34. The fourth-order valence-corrected chi connectivity index (χ4v) is 3.09. The van der Waals surface area contributed by atoms with Gasteiger partial charge in [0.05, 0.1) is 6.61 Å². The van der Waals surface area contributed by atoms with Crippen molar-refractivity contribution < 1.29 is 9.84 Å². The molecule has 148 valence electrons. The minimum absolute atomic E-state index is 0.0411. The van der Waals surface area contributed by atoms with E-state index in [9.17, 15) is 5.11 Å². The SMILES string of the molecule is CCCCOc1ccc(Cc2cc(C(C)(C)C)cc(C(C)(C)C)c2O)cc1. The van der Waals surface area contributed by atoms with E-state index in [4.69, 9.17) is 4.74 Å². The van der Waals surface area contributed by atoms with Crippen LogP contribution in [0.4, 0.5) is 0 Å². The molecule has 1 N–H and O–H groups in total. The van der Waals surface area contributed by atoms with E-state index in [0.717, 1.165) is 36.3 Å². The van der Waals surface area contributed by atoms with Crippen LogP contribution >= 0.6 is 0 Å². The molecule has 0 fully saturated rings. The Balaban J connectivity index is 2.32. The van der Waals surface area contributed by atoms with Gasteiger partial charge in [0.1, 0.15) is 11.5 Å². The minimum atomic E-state index is -0.100. The smallest absolute Gasteiger partial charge is 0.122 e. The van der Waals surface area contributed by atoms with Crippen LogP contribution in [-0.4, -0.2) is 11.7 Å². The largest absolute Gasteiger partial charge is 0.507 e. The van der Waals surface area contributed by atoms with Crippen molar-refractivity contribution in [3.8, 4) is 11.5 Å². The van der Waals surface area contributed by atoms with Gasteiger partial charge in [-0.25, -0.2) is 0 Å². The van der Waals surface area contributed by atoms with Gasteiger partial charge in [0, 0.05) is 6.42 Å². The van der Waals surface area contributed by atoms with Gasteiger partial charge in [0.15, 0.2) is 0 Å². The summed E-state index contributed by atoms with van der Waals surface area (Å²) < 4.78 is 5.75. The molecule has 0 saturated heterocycles. The van der Waals surface area contributed by atoms with E-state index < -0.39 is 0 Å². The van der Waals surface area contributed by atoms with E-state index in [2.05, 4.69) is 72.7 Å². The third-order valence-electron chi connectivity index (χ3n) is 4.95. The molecule has 0 aliphatic rings. The topological polar surface area (TPSA) is 29.5 Å². The van der Waals surface area contributed by atoms with E-state index in [0.29, 0.717) is 12.2 Å². The summed E-state index contributed by atoms with van der Waals surface area (Å²) in [5.41, 5.74) is 4.39. The standard InChI is InChI=1S/C25H36O2/c1-8-9-14-27-21-12-10-18(11-13-21)15-19-16-20(24(2,3)4)17-22(23(19)26)25(5,6)7/h10-13,16-17,26H,8-9,14-15H2,1-7H3. The van der Waals surface area contributed by atoms with Gasteiger partial charge in [-0.15, -0.1) is 0 Å². The van der Waals surface area contributed by atoms with Gasteiger partial charge < -0.3 is 9.84 Å². The first-order valence-corrected chi connectivity index (χ1v) is 10.1. The summed E-state index contributed by atoms with van der Waals surface area (Å²) >= 11 is 0. The molecule has 0 aliphatic heterocycles. The highest BCUT2D eigenvalue weighted by molar-refractivity contribution is 5.50. The lowest BCUT2D eigenvalue weighted by Crippen LogP contribution is -2.17. The molecular weight excluding hydrogens is 332 g/mol. The first-order valence-electron chi connectivity index (χ1n) is 10.1. The molecule has 0 radical (unpaired) electrons. The number of rotatable bonds is 6. The minimum Gasteiger partial charge on any atom is -0.507 e. The maximum Gasteiger partial charge on any atom is 0.122 e. The van der Waals surface area contributed by atoms with Crippen molar-refractivity contribution in [1.82, 2.24) is 0 Å². The Morgan fingerprint density at radius 2 is 1.52 bits per heavy atom. The Morgan fingerprint density at radius 1 is 0.889 bits per heavy atom. The highest BCUT2D eigenvalue weighted by Crippen LogP contribution is 2.38. The van der Waals surface area contributed by atoms with Crippen LogP contribution in [-0.2, 0) is 17.3 Å². The number of hydrogen-bond donors (Lipinski definition) is 1. The van der Waals surface area contributed by atoms with Crippen LogP contribution in [0.5, 0.6) is 11.5 Å². The molecule has 2 heteroatoms. The fourth-order valence-electron chi connectivity index (χ4n) is 3.09. The van der Waals surface area contributed by atoms with Crippen molar-refractivity contribution in [2.24, 2.45) is 0 Å². The molecule has 0 atom stereocenters. The number of benzene rings is 2. The normalized spacial score (nSPS) is 12.3. The Labute approximate surface area is 165 Å². The van der Waals surface area contributed by atoms with Crippen molar-refractivity contribution in [2.45, 2.75) is 78.6 Å². The fraction of sp³-hybridized carbons (Fsp3) is 0.520. The van der Waals surface area contributed by atoms with E-state index in [-0.39, 0.29) is 10.8 Å². The second-order valence-corrected chi connectivity index (χ2v) is 9.55. The summed E-state index contributed by atoms with van der Waals surface area (Å²) in [4.78, 5) is 0. The first-order chi connectivity index (χ1) is 12.5. The zero-order valence-corrected chi connectivity index (χ0v) is 18.1. The van der Waals surface area contributed by atoms with E-state index in [1.807, 2.05) is 12.1 Å². The lowest BCUT2D eigenvalue weighted by atomic mass is 9.78. The summed E-state index contributed by atoms with van der Waals surface area (Å²) in [7, 11) is 0. The maximum absolute atomic E-state index is 10.9. The Kier molecular flexibility index (Phi) is 6.62. The van der Waals surface area contributed by atoms with Crippen molar-refractivity contribution >= 4 is 0 Å². The molecule has 0 saturated carbocycles. The summed E-state index contributed by atoms with van der Waals surface area (Å²) in [6.07, 6.45) is 2.93. The van der Waals surface area contributed by atoms with Crippen LogP contribution in [0.15, 0.2) is 36.4 Å². The third-order valence-corrected chi connectivity index (χ3v) is 4.95. The van der Waals surface area contributed by atoms with Crippen molar-refractivity contribution in [2.75, 3.05) is 6.61 Å². The van der Waals surface area contributed by atoms with Crippen molar-refractivity contribution in [3.63, 3.8) is 0 Å². The predicted octanol–water partition coefficient (Wildman–Crippen LogP) is 6.76. The van der Waals surface area contributed by atoms with Gasteiger partial charge in [-0.2, -0.15) is 0 Å². The Bertz CT molecular complexity index is 744.